The number of benzene rings is 1. The number of methoxy groups -OCH3 is 1. The summed E-state index contributed by atoms with van der Waals surface area (Å²) in [6.07, 6.45) is -5.77. The summed E-state index contributed by atoms with van der Waals surface area (Å²) in [5.74, 6) is -0.836. The highest BCUT2D eigenvalue weighted by Gasteiger charge is 2.44. The molecule has 1 saturated heterocycles. The summed E-state index contributed by atoms with van der Waals surface area (Å²) in [5.41, 5.74) is -0.984. The topological polar surface area (TPSA) is 83.9 Å². The van der Waals surface area contributed by atoms with Crippen LogP contribution in [0.25, 0.3) is 0 Å². The van der Waals surface area contributed by atoms with Gasteiger partial charge in [0, 0.05) is 13.0 Å². The standard InChI is InChI=1S/C13H14F3NO5S/c1-22-12(19)11-6-9(18)7-17(11)23(20,21)10-4-2-8(3-5-10)13(14,15)16/h2-5,9,11,18H,6-7H2,1H3. The molecule has 1 aromatic rings. The Bertz CT molecular complexity index is 687. The number of ether oxygens (including phenoxy) is 1. The third-order valence-corrected chi connectivity index (χ3v) is 5.38. The van der Waals surface area contributed by atoms with E-state index in [1.807, 2.05) is 0 Å². The number of aliphatic hydroxyl groups excluding tert-OH is 1. The smallest absolute Gasteiger partial charge is 0.416 e. The van der Waals surface area contributed by atoms with Gasteiger partial charge in [0.1, 0.15) is 6.04 Å². The largest absolute Gasteiger partial charge is 0.468 e. The van der Waals surface area contributed by atoms with Crippen molar-refractivity contribution in [2.45, 2.75) is 29.6 Å². The number of carbonyl (C=O) groups excluding carboxylic acids is 1. The first kappa shape index (κ1) is 17.7. The Morgan fingerprint density at radius 3 is 2.35 bits per heavy atom. The van der Waals surface area contributed by atoms with Gasteiger partial charge in [0.2, 0.25) is 10.0 Å². The first-order valence-corrected chi connectivity index (χ1v) is 7.96. The third kappa shape index (κ3) is 3.48. The maximum absolute atomic E-state index is 12.5. The quantitative estimate of drug-likeness (QED) is 0.820. The molecule has 0 aliphatic carbocycles. The molecule has 23 heavy (non-hydrogen) atoms. The minimum absolute atomic E-state index is 0.132. The van der Waals surface area contributed by atoms with Gasteiger partial charge in [-0.3, -0.25) is 4.79 Å². The molecule has 0 aromatic heterocycles. The number of aliphatic hydroxyl groups is 1. The van der Waals surface area contributed by atoms with Gasteiger partial charge in [-0.2, -0.15) is 17.5 Å². The van der Waals surface area contributed by atoms with E-state index >= 15 is 0 Å². The highest BCUT2D eigenvalue weighted by molar-refractivity contribution is 7.89. The monoisotopic (exact) mass is 353 g/mol. The highest BCUT2D eigenvalue weighted by atomic mass is 32.2. The fourth-order valence-corrected chi connectivity index (χ4v) is 3.98. The first-order chi connectivity index (χ1) is 10.6. The SMILES string of the molecule is COC(=O)C1CC(O)CN1S(=O)(=O)c1ccc(C(F)(F)F)cc1. The Hall–Kier alpha value is -1.65. The Morgan fingerprint density at radius 2 is 1.87 bits per heavy atom. The fraction of sp³-hybridized carbons (Fsp3) is 0.462. The number of esters is 1. The second-order valence-electron chi connectivity index (χ2n) is 5.03. The zero-order chi connectivity index (χ0) is 17.4. The molecule has 1 aliphatic rings. The molecule has 128 valence electrons. The van der Waals surface area contributed by atoms with Crippen molar-refractivity contribution in [3.05, 3.63) is 29.8 Å². The molecule has 6 nitrogen and oxygen atoms in total. The maximum Gasteiger partial charge on any atom is 0.416 e. The predicted octanol–water partition coefficient (Wildman–Crippen LogP) is 1.00. The van der Waals surface area contributed by atoms with E-state index < -0.39 is 44.8 Å². The van der Waals surface area contributed by atoms with Crippen molar-refractivity contribution in [2.75, 3.05) is 13.7 Å². The molecule has 10 heteroatoms. The Morgan fingerprint density at radius 1 is 1.30 bits per heavy atom. The van der Waals surface area contributed by atoms with Gasteiger partial charge in [-0.15, -0.1) is 0 Å². The lowest BCUT2D eigenvalue weighted by atomic mass is 10.2. The van der Waals surface area contributed by atoms with Crippen molar-refractivity contribution >= 4 is 16.0 Å². The Labute approximate surface area is 130 Å². The molecule has 0 bridgehead atoms. The number of rotatable bonds is 3. The van der Waals surface area contributed by atoms with Crippen molar-refractivity contribution in [2.24, 2.45) is 0 Å². The van der Waals surface area contributed by atoms with Crippen molar-refractivity contribution in [3.63, 3.8) is 0 Å². The van der Waals surface area contributed by atoms with E-state index in [9.17, 15) is 31.5 Å². The third-order valence-electron chi connectivity index (χ3n) is 3.50. The summed E-state index contributed by atoms with van der Waals surface area (Å²) in [6.45, 7) is -0.330. The van der Waals surface area contributed by atoms with Gasteiger partial charge in [0.15, 0.2) is 0 Å². The lowest BCUT2D eigenvalue weighted by Gasteiger charge is -2.22. The molecule has 1 aromatic carbocycles. The van der Waals surface area contributed by atoms with Crippen LogP contribution in [-0.2, 0) is 25.7 Å². The Balaban J connectivity index is 2.35. The van der Waals surface area contributed by atoms with E-state index in [-0.39, 0.29) is 13.0 Å². The number of hydrogen-bond acceptors (Lipinski definition) is 5. The number of carbonyl (C=O) groups is 1. The molecule has 1 N–H and O–H groups in total. The number of hydrogen-bond donors (Lipinski definition) is 1. The molecule has 0 saturated carbocycles. The van der Waals surface area contributed by atoms with Crippen LogP contribution in [0, 0.1) is 0 Å². The van der Waals surface area contributed by atoms with E-state index in [2.05, 4.69) is 4.74 Å². The summed E-state index contributed by atoms with van der Waals surface area (Å²) in [7, 11) is -3.15. The first-order valence-electron chi connectivity index (χ1n) is 6.52. The van der Waals surface area contributed by atoms with E-state index in [1.165, 1.54) is 0 Å². The van der Waals surface area contributed by atoms with Crippen LogP contribution in [0.5, 0.6) is 0 Å². The number of nitrogens with zero attached hydrogens (tertiary/aromatic N) is 1. The van der Waals surface area contributed by atoms with Gasteiger partial charge in [0.05, 0.1) is 23.7 Å². The van der Waals surface area contributed by atoms with Gasteiger partial charge in [-0.25, -0.2) is 8.42 Å². The van der Waals surface area contributed by atoms with Gasteiger partial charge >= 0.3 is 12.1 Å². The minimum atomic E-state index is -4.58. The van der Waals surface area contributed by atoms with Gasteiger partial charge in [-0.05, 0) is 24.3 Å². The summed E-state index contributed by atoms with van der Waals surface area (Å²) in [6, 6.07) is 1.72. The summed E-state index contributed by atoms with van der Waals surface area (Å²) in [4.78, 5) is 11.3. The number of halogens is 3. The van der Waals surface area contributed by atoms with Crippen LogP contribution >= 0.6 is 0 Å². The minimum Gasteiger partial charge on any atom is -0.468 e. The van der Waals surface area contributed by atoms with Crippen LogP contribution in [-0.4, -0.2) is 49.6 Å². The predicted molar refractivity (Wildman–Crippen MR) is 71.8 cm³/mol. The zero-order valence-electron chi connectivity index (χ0n) is 11.9. The van der Waals surface area contributed by atoms with Gasteiger partial charge in [0.25, 0.3) is 0 Å². The molecular formula is C13H14F3NO5S. The number of sulfonamides is 1. The molecule has 2 unspecified atom stereocenters. The average Bonchev–Trinajstić information content (AvgIpc) is 2.88. The molecular weight excluding hydrogens is 339 g/mol. The van der Waals surface area contributed by atoms with Crippen molar-refractivity contribution in [3.8, 4) is 0 Å². The number of alkyl halides is 3. The number of β-amino-alcohol motifs (C(OH)–C–C–N with tert-alkyl or cyclic N) is 1. The normalized spacial score (nSPS) is 23.0. The lowest BCUT2D eigenvalue weighted by Crippen LogP contribution is -2.41. The summed E-state index contributed by atoms with van der Waals surface area (Å²) in [5, 5.41) is 9.61. The molecule has 1 heterocycles. The van der Waals surface area contributed by atoms with Gasteiger partial charge < -0.3 is 9.84 Å². The molecule has 2 rings (SSSR count). The summed E-state index contributed by atoms with van der Waals surface area (Å²) < 4.78 is 67.8. The van der Waals surface area contributed by atoms with Crippen LogP contribution in [0.15, 0.2) is 29.2 Å². The van der Waals surface area contributed by atoms with E-state index in [4.69, 9.17) is 0 Å². The molecule has 0 amide bonds. The maximum atomic E-state index is 12.5. The highest BCUT2D eigenvalue weighted by Crippen LogP contribution is 2.31. The van der Waals surface area contributed by atoms with Gasteiger partial charge in [-0.1, -0.05) is 0 Å². The lowest BCUT2D eigenvalue weighted by molar-refractivity contribution is -0.144. The molecule has 0 spiro atoms. The van der Waals surface area contributed by atoms with E-state index in [1.54, 1.807) is 0 Å². The van der Waals surface area contributed by atoms with Crippen molar-refractivity contribution < 1.29 is 36.2 Å². The van der Waals surface area contributed by atoms with Crippen LogP contribution in [0.1, 0.15) is 12.0 Å². The summed E-state index contributed by atoms with van der Waals surface area (Å²) >= 11 is 0. The zero-order valence-corrected chi connectivity index (χ0v) is 12.8. The second kappa shape index (κ2) is 6.10. The molecule has 1 aliphatic heterocycles. The average molecular weight is 353 g/mol. The van der Waals surface area contributed by atoms with E-state index in [0.717, 1.165) is 23.5 Å². The van der Waals surface area contributed by atoms with E-state index in [0.29, 0.717) is 12.1 Å². The van der Waals surface area contributed by atoms with Crippen LogP contribution < -0.4 is 0 Å². The second-order valence-corrected chi connectivity index (χ2v) is 6.92. The van der Waals surface area contributed by atoms with Crippen LogP contribution in [0.3, 0.4) is 0 Å². The van der Waals surface area contributed by atoms with Crippen LogP contribution in [0.4, 0.5) is 13.2 Å². The fourth-order valence-electron chi connectivity index (χ4n) is 2.35. The van der Waals surface area contributed by atoms with Crippen LogP contribution in [0.2, 0.25) is 0 Å². The molecule has 0 radical (unpaired) electrons. The molecule has 1 fully saturated rings. The van der Waals surface area contributed by atoms with Crippen molar-refractivity contribution in [1.29, 1.82) is 0 Å². The van der Waals surface area contributed by atoms with Crippen molar-refractivity contribution in [1.82, 2.24) is 4.31 Å². The molecule has 2 atom stereocenters. The Kier molecular flexibility index (Phi) is 4.69.